The molecular weight excluding hydrogens is 364 g/mol. The number of carbonyl (C=O) groups is 1. The van der Waals surface area contributed by atoms with Crippen molar-refractivity contribution in [1.82, 2.24) is 9.88 Å². The van der Waals surface area contributed by atoms with Crippen molar-refractivity contribution in [3.8, 4) is 11.5 Å². The molecule has 0 saturated carbocycles. The molecule has 1 atom stereocenters. The monoisotopic (exact) mass is 382 g/mol. The fourth-order valence-corrected chi connectivity index (χ4v) is 3.45. The van der Waals surface area contributed by atoms with Crippen molar-refractivity contribution in [3.63, 3.8) is 0 Å². The summed E-state index contributed by atoms with van der Waals surface area (Å²) in [6, 6.07) is 16.9. The van der Waals surface area contributed by atoms with Crippen molar-refractivity contribution in [1.29, 1.82) is 0 Å². The normalized spacial score (nSPS) is 15.6. The summed E-state index contributed by atoms with van der Waals surface area (Å²) >= 11 is 6.28. The van der Waals surface area contributed by atoms with Crippen molar-refractivity contribution < 1.29 is 14.3 Å². The van der Waals surface area contributed by atoms with E-state index in [1.54, 1.807) is 11.0 Å². The topological polar surface area (TPSA) is 51.7 Å². The van der Waals surface area contributed by atoms with Gasteiger partial charge in [0.1, 0.15) is 17.5 Å². The van der Waals surface area contributed by atoms with Crippen LogP contribution in [0.2, 0.25) is 5.15 Å². The van der Waals surface area contributed by atoms with Crippen LogP contribution in [0.25, 0.3) is 10.8 Å². The van der Waals surface area contributed by atoms with Crippen LogP contribution in [0.3, 0.4) is 0 Å². The van der Waals surface area contributed by atoms with Crippen LogP contribution < -0.4 is 9.47 Å². The highest BCUT2D eigenvalue weighted by Gasteiger charge is 2.26. The summed E-state index contributed by atoms with van der Waals surface area (Å²) in [4.78, 5) is 19.0. The number of likely N-dealkylation sites (N-methyl/N-ethyl adjacent to an activating group) is 1. The molecule has 5 nitrogen and oxygen atoms in total. The van der Waals surface area contributed by atoms with Gasteiger partial charge in [0.15, 0.2) is 17.6 Å². The predicted molar refractivity (Wildman–Crippen MR) is 105 cm³/mol. The average molecular weight is 383 g/mol. The largest absolute Gasteiger partial charge is 0.486 e. The van der Waals surface area contributed by atoms with Crippen LogP contribution in [0.15, 0.2) is 54.6 Å². The summed E-state index contributed by atoms with van der Waals surface area (Å²) in [5.41, 5.74) is 0.331. The Morgan fingerprint density at radius 1 is 1.19 bits per heavy atom. The van der Waals surface area contributed by atoms with Crippen LogP contribution in [0.5, 0.6) is 11.5 Å². The second-order valence-electron chi connectivity index (χ2n) is 6.36. The number of pyridine rings is 1. The molecule has 0 saturated heterocycles. The summed E-state index contributed by atoms with van der Waals surface area (Å²) in [5, 5.41) is 2.06. The van der Waals surface area contributed by atoms with E-state index in [1.807, 2.05) is 55.5 Å². The molecule has 0 aliphatic carbocycles. The van der Waals surface area contributed by atoms with E-state index in [9.17, 15) is 4.79 Å². The maximum Gasteiger partial charge on any atom is 0.272 e. The first-order valence-electron chi connectivity index (χ1n) is 8.88. The third-order valence-corrected chi connectivity index (χ3v) is 4.86. The number of ether oxygens (including phenoxy) is 2. The van der Waals surface area contributed by atoms with Crippen molar-refractivity contribution in [3.05, 3.63) is 65.4 Å². The number of benzene rings is 2. The molecule has 1 unspecified atom stereocenters. The van der Waals surface area contributed by atoms with Gasteiger partial charge in [0.25, 0.3) is 5.91 Å². The van der Waals surface area contributed by atoms with Crippen LogP contribution in [0.4, 0.5) is 0 Å². The lowest BCUT2D eigenvalue weighted by molar-refractivity contribution is 0.0471. The number of hydrogen-bond acceptors (Lipinski definition) is 4. The number of para-hydroxylation sites is 2. The molecule has 2 heterocycles. The van der Waals surface area contributed by atoms with Gasteiger partial charge < -0.3 is 14.4 Å². The Labute approximate surface area is 162 Å². The van der Waals surface area contributed by atoms with E-state index in [2.05, 4.69) is 4.98 Å². The number of amides is 1. The van der Waals surface area contributed by atoms with Crippen LogP contribution in [0.1, 0.15) is 17.4 Å². The van der Waals surface area contributed by atoms with Gasteiger partial charge in [-0.05, 0) is 30.5 Å². The molecule has 27 heavy (non-hydrogen) atoms. The fourth-order valence-electron chi connectivity index (χ4n) is 3.18. The van der Waals surface area contributed by atoms with Gasteiger partial charge in [-0.15, -0.1) is 0 Å². The van der Waals surface area contributed by atoms with E-state index in [1.165, 1.54) is 0 Å². The number of rotatable bonds is 4. The zero-order valence-electron chi connectivity index (χ0n) is 14.9. The quantitative estimate of drug-likeness (QED) is 0.635. The van der Waals surface area contributed by atoms with Crippen molar-refractivity contribution in [2.45, 2.75) is 13.0 Å². The molecule has 0 fully saturated rings. The smallest absolute Gasteiger partial charge is 0.272 e. The van der Waals surface area contributed by atoms with Crippen LogP contribution >= 0.6 is 11.6 Å². The molecule has 0 radical (unpaired) electrons. The van der Waals surface area contributed by atoms with Crippen molar-refractivity contribution in [2.75, 3.05) is 19.7 Å². The van der Waals surface area contributed by atoms with Gasteiger partial charge in [0.05, 0.1) is 6.54 Å². The fraction of sp³-hybridized carbons (Fsp3) is 0.238. The molecule has 1 aliphatic rings. The lowest BCUT2D eigenvalue weighted by Gasteiger charge is -2.30. The highest BCUT2D eigenvalue weighted by molar-refractivity contribution is 6.34. The number of carbonyl (C=O) groups excluding carboxylic acids is 1. The Kier molecular flexibility index (Phi) is 4.86. The molecule has 1 aromatic heterocycles. The van der Waals surface area contributed by atoms with E-state index in [0.717, 1.165) is 16.5 Å². The maximum atomic E-state index is 13.0. The summed E-state index contributed by atoms with van der Waals surface area (Å²) in [6.07, 6.45) is -0.236. The minimum atomic E-state index is -0.236. The second-order valence-corrected chi connectivity index (χ2v) is 6.72. The Bertz CT molecular complexity index is 992. The highest BCUT2D eigenvalue weighted by Crippen LogP contribution is 2.31. The van der Waals surface area contributed by atoms with E-state index in [4.69, 9.17) is 21.1 Å². The molecule has 0 spiro atoms. The summed E-state index contributed by atoms with van der Waals surface area (Å²) in [7, 11) is 0. The Morgan fingerprint density at radius 3 is 2.74 bits per heavy atom. The molecule has 0 bridgehead atoms. The zero-order chi connectivity index (χ0) is 18.8. The van der Waals surface area contributed by atoms with Gasteiger partial charge in [0.2, 0.25) is 0 Å². The summed E-state index contributed by atoms with van der Waals surface area (Å²) in [5.74, 6) is 1.25. The van der Waals surface area contributed by atoms with Gasteiger partial charge in [-0.2, -0.15) is 0 Å². The molecule has 3 aromatic rings. The number of hydrogen-bond donors (Lipinski definition) is 0. The van der Waals surface area contributed by atoms with E-state index in [-0.39, 0.29) is 12.0 Å². The van der Waals surface area contributed by atoms with Crippen LogP contribution in [-0.2, 0) is 0 Å². The lowest BCUT2D eigenvalue weighted by atomic mass is 10.1. The second kappa shape index (κ2) is 7.45. The van der Waals surface area contributed by atoms with Crippen molar-refractivity contribution in [2.24, 2.45) is 0 Å². The van der Waals surface area contributed by atoms with Crippen LogP contribution in [-0.4, -0.2) is 41.6 Å². The van der Waals surface area contributed by atoms with Gasteiger partial charge in [-0.3, -0.25) is 4.79 Å². The van der Waals surface area contributed by atoms with E-state index >= 15 is 0 Å². The minimum absolute atomic E-state index is 0.174. The molecule has 1 amide bonds. The molecule has 4 rings (SSSR count). The molecule has 0 N–H and O–H groups in total. The molecule has 6 heteroatoms. The minimum Gasteiger partial charge on any atom is -0.486 e. The number of nitrogens with zero attached hydrogens (tertiary/aromatic N) is 2. The Morgan fingerprint density at radius 2 is 1.93 bits per heavy atom. The third kappa shape index (κ3) is 3.55. The first-order valence-corrected chi connectivity index (χ1v) is 9.26. The number of aromatic nitrogens is 1. The number of halogens is 1. The lowest BCUT2D eigenvalue weighted by Crippen LogP contribution is -2.43. The summed E-state index contributed by atoms with van der Waals surface area (Å²) in [6.45, 7) is 3.27. The third-order valence-electron chi connectivity index (χ3n) is 4.57. The first kappa shape index (κ1) is 17.6. The predicted octanol–water partition coefficient (Wildman–Crippen LogP) is 4.19. The SMILES string of the molecule is CCN(CC1COc2ccccc2O1)C(=O)c1cc2ccccc2c(Cl)n1. The standard InChI is InChI=1S/C21H19ClN2O3/c1-2-24(12-15-13-26-18-9-5-6-10-19(18)27-15)21(25)17-11-14-7-3-4-8-16(14)20(22)23-17/h3-11,15H,2,12-13H2,1H3. The van der Waals surface area contributed by atoms with Gasteiger partial charge in [0, 0.05) is 11.9 Å². The Hall–Kier alpha value is -2.79. The first-order chi connectivity index (χ1) is 13.2. The molecule has 1 aliphatic heterocycles. The highest BCUT2D eigenvalue weighted by atomic mass is 35.5. The van der Waals surface area contributed by atoms with Gasteiger partial charge in [-0.1, -0.05) is 48.0 Å². The molecule has 2 aromatic carbocycles. The Balaban J connectivity index is 1.54. The maximum absolute atomic E-state index is 13.0. The van der Waals surface area contributed by atoms with Gasteiger partial charge >= 0.3 is 0 Å². The van der Waals surface area contributed by atoms with E-state index in [0.29, 0.717) is 36.3 Å². The van der Waals surface area contributed by atoms with Gasteiger partial charge in [-0.25, -0.2) is 4.98 Å². The van der Waals surface area contributed by atoms with Crippen LogP contribution in [0, 0.1) is 0 Å². The van der Waals surface area contributed by atoms with Crippen molar-refractivity contribution >= 4 is 28.3 Å². The summed E-state index contributed by atoms with van der Waals surface area (Å²) < 4.78 is 11.7. The van der Waals surface area contributed by atoms with E-state index < -0.39 is 0 Å². The zero-order valence-corrected chi connectivity index (χ0v) is 15.6. The number of fused-ring (bicyclic) bond motifs is 2. The average Bonchev–Trinajstić information content (AvgIpc) is 2.71. The molecule has 138 valence electrons. The molecular formula is C21H19ClN2O3.